The predicted molar refractivity (Wildman–Crippen MR) is 158 cm³/mol. The van der Waals surface area contributed by atoms with E-state index in [0.717, 1.165) is 23.0 Å². The highest BCUT2D eigenvalue weighted by Gasteiger charge is 2.29. The number of ketones is 1. The van der Waals surface area contributed by atoms with E-state index in [1.165, 1.54) is 11.6 Å². The van der Waals surface area contributed by atoms with Crippen molar-refractivity contribution < 1.29 is 14.3 Å². The number of benzene rings is 1. The van der Waals surface area contributed by atoms with Crippen molar-refractivity contribution in [2.75, 3.05) is 23.7 Å². The molecule has 12 heteroatoms. The van der Waals surface area contributed by atoms with Crippen molar-refractivity contribution in [3.05, 3.63) is 62.3 Å². The maximum atomic E-state index is 13.9. The first-order valence-corrected chi connectivity index (χ1v) is 13.7. The van der Waals surface area contributed by atoms with E-state index in [-0.39, 0.29) is 28.5 Å². The molecule has 3 N–H and O–H groups in total. The van der Waals surface area contributed by atoms with E-state index < -0.39 is 35.3 Å². The summed E-state index contributed by atoms with van der Waals surface area (Å²) >= 11 is 0. The number of para-hydroxylation sites is 1. The summed E-state index contributed by atoms with van der Waals surface area (Å²) in [5.41, 5.74) is 6.11. The van der Waals surface area contributed by atoms with Crippen molar-refractivity contribution in [3.63, 3.8) is 0 Å². The molecule has 1 aliphatic rings. The van der Waals surface area contributed by atoms with Gasteiger partial charge in [-0.25, -0.2) is 9.59 Å². The molecule has 1 amide bonds. The molecule has 0 unspecified atom stereocenters. The Morgan fingerprint density at radius 3 is 2.54 bits per heavy atom. The van der Waals surface area contributed by atoms with Crippen LogP contribution in [0.5, 0.6) is 0 Å². The minimum absolute atomic E-state index is 0.190. The molecule has 220 valence electrons. The van der Waals surface area contributed by atoms with Crippen molar-refractivity contribution in [2.45, 2.75) is 72.2 Å². The van der Waals surface area contributed by atoms with E-state index in [4.69, 9.17) is 15.5 Å². The highest BCUT2D eigenvalue weighted by molar-refractivity contribution is 6.00. The van der Waals surface area contributed by atoms with Gasteiger partial charge in [0.15, 0.2) is 16.9 Å². The van der Waals surface area contributed by atoms with Crippen LogP contribution in [0, 0.1) is 0 Å². The summed E-state index contributed by atoms with van der Waals surface area (Å²) in [6, 6.07) is 6.37. The van der Waals surface area contributed by atoms with Gasteiger partial charge < -0.3 is 25.3 Å². The summed E-state index contributed by atoms with van der Waals surface area (Å²) in [6.45, 7) is 10.3. The second-order valence-corrected chi connectivity index (χ2v) is 11.7. The fourth-order valence-corrected chi connectivity index (χ4v) is 4.92. The lowest BCUT2D eigenvalue weighted by Crippen LogP contribution is -2.49. The Morgan fingerprint density at radius 2 is 1.88 bits per heavy atom. The lowest BCUT2D eigenvalue weighted by atomic mass is 10.1. The van der Waals surface area contributed by atoms with E-state index in [0.29, 0.717) is 25.6 Å². The first-order chi connectivity index (χ1) is 19.3. The largest absolute Gasteiger partial charge is 0.444 e. The molecule has 0 aliphatic carbocycles. The topological polar surface area (TPSA) is 146 Å². The SMILES string of the molecule is CC(C)=CCn1c(N2CCC[C@H](NC(=O)OC(C)(C)C)C2)nc2c1c(=O)n(CC(=O)c1ccccc1N)c(=O)n2C. The average molecular weight is 566 g/mol. The quantitative estimate of drug-likeness (QED) is 0.253. The van der Waals surface area contributed by atoms with Crippen LogP contribution in [0.4, 0.5) is 16.4 Å². The van der Waals surface area contributed by atoms with Crippen molar-refractivity contribution in [1.82, 2.24) is 24.0 Å². The molecule has 1 atom stereocenters. The van der Waals surface area contributed by atoms with Crippen molar-refractivity contribution in [3.8, 4) is 0 Å². The number of rotatable bonds is 7. The zero-order chi connectivity index (χ0) is 30.1. The van der Waals surface area contributed by atoms with Crippen LogP contribution < -0.4 is 27.2 Å². The predicted octanol–water partition coefficient (Wildman–Crippen LogP) is 2.82. The van der Waals surface area contributed by atoms with Gasteiger partial charge in [0.1, 0.15) is 5.60 Å². The number of nitrogens with zero attached hydrogens (tertiary/aromatic N) is 5. The summed E-state index contributed by atoms with van der Waals surface area (Å²) in [6.07, 6.45) is 3.02. The Balaban J connectivity index is 1.76. The molecule has 1 aliphatic heterocycles. The van der Waals surface area contributed by atoms with Crippen molar-refractivity contribution in [2.24, 2.45) is 7.05 Å². The van der Waals surface area contributed by atoms with E-state index in [9.17, 15) is 19.2 Å². The van der Waals surface area contributed by atoms with Crippen molar-refractivity contribution >= 4 is 34.7 Å². The summed E-state index contributed by atoms with van der Waals surface area (Å²) in [5, 5.41) is 2.94. The number of ether oxygens (including phenoxy) is 1. The van der Waals surface area contributed by atoms with Gasteiger partial charge in [0.2, 0.25) is 5.95 Å². The molecule has 0 radical (unpaired) electrons. The fourth-order valence-electron chi connectivity index (χ4n) is 4.92. The lowest BCUT2D eigenvalue weighted by Gasteiger charge is -2.34. The number of anilines is 2. The number of aryl methyl sites for hydroxylation is 1. The summed E-state index contributed by atoms with van der Waals surface area (Å²) in [7, 11) is 1.53. The molecule has 2 aromatic heterocycles. The molecule has 1 fully saturated rings. The first kappa shape index (κ1) is 29.6. The van der Waals surface area contributed by atoms with Gasteiger partial charge in [-0.15, -0.1) is 0 Å². The number of carbonyl (C=O) groups is 2. The first-order valence-electron chi connectivity index (χ1n) is 13.7. The third-order valence-electron chi connectivity index (χ3n) is 6.88. The maximum Gasteiger partial charge on any atom is 0.407 e. The number of carbonyl (C=O) groups excluding carboxylic acids is 2. The van der Waals surface area contributed by atoms with Crippen LogP contribution in [0.3, 0.4) is 0 Å². The number of hydrogen-bond acceptors (Lipinski definition) is 8. The number of fused-ring (bicyclic) bond motifs is 1. The Kier molecular flexibility index (Phi) is 8.41. The molecule has 1 saturated heterocycles. The van der Waals surface area contributed by atoms with Crippen LogP contribution in [0.15, 0.2) is 45.5 Å². The summed E-state index contributed by atoms with van der Waals surface area (Å²) in [5.74, 6) is 0.0704. The number of hydrogen-bond donors (Lipinski definition) is 2. The smallest absolute Gasteiger partial charge is 0.407 e. The van der Waals surface area contributed by atoms with E-state index >= 15 is 0 Å². The Bertz CT molecular complexity index is 1620. The van der Waals surface area contributed by atoms with Crippen LogP contribution in [0.2, 0.25) is 0 Å². The van der Waals surface area contributed by atoms with Crippen LogP contribution in [-0.2, 0) is 24.9 Å². The van der Waals surface area contributed by atoms with Gasteiger partial charge in [0.05, 0.1) is 6.54 Å². The van der Waals surface area contributed by atoms with Crippen LogP contribution in [0.25, 0.3) is 11.2 Å². The van der Waals surface area contributed by atoms with Gasteiger partial charge in [-0.2, -0.15) is 4.98 Å². The standard InChI is InChI=1S/C29H39N7O5/c1-18(2)13-15-35-23-24(32-26(35)34-14-9-10-19(16-34)31-27(39)41-29(3,4)5)33(6)28(40)36(25(23)38)17-22(37)20-11-7-8-12-21(20)30/h7-8,11-13,19H,9-10,14-17,30H2,1-6H3,(H,31,39)/t19-/m0/s1. The number of imidazole rings is 1. The molecular formula is C29H39N7O5. The number of nitrogens with two attached hydrogens (primary N) is 1. The number of Topliss-reactive ketones (excluding diaryl/α,β-unsaturated/α-hetero) is 1. The van der Waals surface area contributed by atoms with Crippen LogP contribution >= 0.6 is 0 Å². The Hall–Kier alpha value is -4.35. The van der Waals surface area contributed by atoms with Gasteiger partial charge in [-0.3, -0.25) is 18.7 Å². The number of piperidine rings is 1. The van der Waals surface area contributed by atoms with Gasteiger partial charge in [-0.1, -0.05) is 23.8 Å². The van der Waals surface area contributed by atoms with Crippen LogP contribution in [0.1, 0.15) is 57.8 Å². The number of aromatic nitrogens is 4. The minimum Gasteiger partial charge on any atom is -0.444 e. The third kappa shape index (κ3) is 6.53. The third-order valence-corrected chi connectivity index (χ3v) is 6.88. The molecule has 1 aromatic carbocycles. The molecule has 3 aromatic rings. The number of nitrogen functional groups attached to an aromatic ring is 1. The molecule has 0 saturated carbocycles. The number of amides is 1. The number of alkyl carbamates (subject to hydrolysis) is 1. The maximum absolute atomic E-state index is 13.9. The molecule has 0 spiro atoms. The highest BCUT2D eigenvalue weighted by atomic mass is 16.6. The van der Waals surface area contributed by atoms with Gasteiger partial charge >= 0.3 is 11.8 Å². The molecule has 41 heavy (non-hydrogen) atoms. The van der Waals surface area contributed by atoms with E-state index in [1.54, 1.807) is 28.8 Å². The fraction of sp³-hybridized carbons (Fsp3) is 0.483. The minimum atomic E-state index is -0.646. The zero-order valence-electron chi connectivity index (χ0n) is 24.6. The monoisotopic (exact) mass is 565 g/mol. The zero-order valence-corrected chi connectivity index (χ0v) is 24.6. The number of nitrogens with one attached hydrogen (secondary N) is 1. The molecule has 3 heterocycles. The summed E-state index contributed by atoms with van der Waals surface area (Å²) < 4.78 is 9.44. The second-order valence-electron chi connectivity index (χ2n) is 11.7. The summed E-state index contributed by atoms with van der Waals surface area (Å²) in [4.78, 5) is 59.4. The van der Waals surface area contributed by atoms with E-state index in [2.05, 4.69) is 5.32 Å². The average Bonchev–Trinajstić information content (AvgIpc) is 3.27. The van der Waals surface area contributed by atoms with Crippen molar-refractivity contribution in [1.29, 1.82) is 0 Å². The molecular weight excluding hydrogens is 526 g/mol. The number of allylic oxidation sites excluding steroid dienone is 2. The van der Waals surface area contributed by atoms with Crippen LogP contribution in [-0.4, -0.2) is 55.3 Å². The second kappa shape index (κ2) is 11.6. The Labute approximate surface area is 238 Å². The van der Waals surface area contributed by atoms with Gasteiger partial charge in [0.25, 0.3) is 5.56 Å². The van der Waals surface area contributed by atoms with E-state index in [1.807, 2.05) is 45.6 Å². The molecule has 4 rings (SSSR count). The van der Waals surface area contributed by atoms with Gasteiger partial charge in [0, 0.05) is 44.0 Å². The van der Waals surface area contributed by atoms with Gasteiger partial charge in [-0.05, 0) is 59.6 Å². The Morgan fingerprint density at radius 1 is 1.17 bits per heavy atom. The highest BCUT2D eigenvalue weighted by Crippen LogP contribution is 2.24. The normalized spacial score (nSPS) is 15.6. The molecule has 0 bridgehead atoms. The molecule has 12 nitrogen and oxygen atoms in total. The lowest BCUT2D eigenvalue weighted by molar-refractivity contribution is 0.0499.